The van der Waals surface area contributed by atoms with Crippen molar-refractivity contribution in [1.82, 2.24) is 10.3 Å². The number of carboxylic acid groups (broad SMARTS) is 2. The van der Waals surface area contributed by atoms with Gasteiger partial charge in [-0.2, -0.15) is 0 Å². The fourth-order valence-corrected chi connectivity index (χ4v) is 3.81. The third-order valence-corrected chi connectivity index (χ3v) is 6.53. The fourth-order valence-electron chi connectivity index (χ4n) is 3.81. The van der Waals surface area contributed by atoms with E-state index in [4.69, 9.17) is 5.11 Å². The second kappa shape index (κ2) is 11.3. The lowest BCUT2D eigenvalue weighted by Crippen LogP contribution is -2.41. The van der Waals surface area contributed by atoms with E-state index in [1.165, 1.54) is 0 Å². The molecule has 1 aromatic heterocycles. The molecule has 36 heavy (non-hydrogen) atoms. The number of aryl methyl sites for hydroxylation is 1. The number of aromatic nitrogens is 1. The Bertz CT molecular complexity index is 1120. The SMILES string of the molecule is CCC(=O)C1C(=O)CC(C(=O)O)CC1=O.CCc1cnc(C2=NC(C)(C(C)C)C(=O)N2)c(C(=O)O)c1. The number of hydrogen-bond acceptors (Lipinski definition) is 8. The Morgan fingerprint density at radius 2 is 1.69 bits per heavy atom. The standard InChI is InChI=1S/C15H19N3O3.C10H12O5/c1-5-9-6-10(13(19)20)11(16-7-9)12-17-14(21)15(4,18-12)8(2)3;1-2-6(11)9-7(12)3-5(10(14)15)4-8(9)13/h6-8H,5H2,1-4H3,(H,19,20)(H,17,18,21);5,9H,2-4H2,1H3,(H,14,15). The lowest BCUT2D eigenvalue weighted by Gasteiger charge is -2.22. The Labute approximate surface area is 208 Å². The van der Waals surface area contributed by atoms with Crippen LogP contribution in [0.2, 0.25) is 0 Å². The summed E-state index contributed by atoms with van der Waals surface area (Å²) in [5.41, 5.74) is 0.197. The maximum Gasteiger partial charge on any atom is 0.338 e. The number of nitrogens with one attached hydrogen (secondary N) is 1. The molecule has 0 saturated heterocycles. The second-order valence-corrected chi connectivity index (χ2v) is 9.24. The summed E-state index contributed by atoms with van der Waals surface area (Å²) in [6, 6.07) is 1.57. The topological polar surface area (TPSA) is 180 Å². The predicted octanol–water partition coefficient (Wildman–Crippen LogP) is 1.85. The maximum atomic E-state index is 12.1. The van der Waals surface area contributed by atoms with E-state index >= 15 is 0 Å². The molecule has 1 amide bonds. The van der Waals surface area contributed by atoms with Crippen LogP contribution in [0, 0.1) is 17.8 Å². The summed E-state index contributed by atoms with van der Waals surface area (Å²) in [6.07, 6.45) is 2.01. The first-order valence-corrected chi connectivity index (χ1v) is 11.7. The molecule has 1 unspecified atom stereocenters. The summed E-state index contributed by atoms with van der Waals surface area (Å²) < 4.78 is 0. The van der Waals surface area contributed by atoms with Gasteiger partial charge in [0.1, 0.15) is 17.2 Å². The number of pyridine rings is 1. The zero-order chi connectivity index (χ0) is 27.4. The molecule has 194 valence electrons. The van der Waals surface area contributed by atoms with E-state index in [-0.39, 0.29) is 48.2 Å². The number of nitrogens with zero attached hydrogens (tertiary/aromatic N) is 2. The van der Waals surface area contributed by atoms with Crippen LogP contribution in [0.5, 0.6) is 0 Å². The third-order valence-electron chi connectivity index (χ3n) is 6.53. The number of amides is 1. The van der Waals surface area contributed by atoms with Crippen molar-refractivity contribution in [2.75, 3.05) is 0 Å². The number of carbonyl (C=O) groups is 6. The minimum Gasteiger partial charge on any atom is -0.481 e. The third kappa shape index (κ3) is 5.89. The summed E-state index contributed by atoms with van der Waals surface area (Å²) in [5.74, 6) is -5.90. The van der Waals surface area contributed by atoms with E-state index in [9.17, 15) is 33.9 Å². The van der Waals surface area contributed by atoms with Crippen molar-refractivity contribution in [2.45, 2.75) is 65.8 Å². The number of rotatable bonds is 7. The molecule has 1 aliphatic carbocycles. The van der Waals surface area contributed by atoms with Gasteiger partial charge in [0.05, 0.1) is 11.5 Å². The first kappa shape index (κ1) is 28.5. The van der Waals surface area contributed by atoms with Crippen LogP contribution in [-0.4, -0.2) is 61.8 Å². The number of carbonyl (C=O) groups excluding carboxylic acids is 4. The van der Waals surface area contributed by atoms with Crippen molar-refractivity contribution in [2.24, 2.45) is 22.7 Å². The monoisotopic (exact) mass is 501 g/mol. The van der Waals surface area contributed by atoms with Crippen molar-refractivity contribution in [3.05, 3.63) is 29.1 Å². The summed E-state index contributed by atoms with van der Waals surface area (Å²) in [5, 5.41) is 20.7. The van der Waals surface area contributed by atoms with Gasteiger partial charge in [0.2, 0.25) is 0 Å². The number of hydrogen-bond donors (Lipinski definition) is 3. The molecule has 2 aliphatic rings. The number of aliphatic imine (C=N–C) groups is 1. The van der Waals surface area contributed by atoms with Crippen LogP contribution < -0.4 is 5.32 Å². The van der Waals surface area contributed by atoms with Gasteiger partial charge in [-0.25, -0.2) is 9.79 Å². The molecule has 0 bridgehead atoms. The van der Waals surface area contributed by atoms with Crippen LogP contribution in [0.15, 0.2) is 17.3 Å². The van der Waals surface area contributed by atoms with E-state index in [2.05, 4.69) is 15.3 Å². The van der Waals surface area contributed by atoms with Gasteiger partial charge in [-0.15, -0.1) is 0 Å². The molecule has 0 radical (unpaired) electrons. The predicted molar refractivity (Wildman–Crippen MR) is 128 cm³/mol. The van der Waals surface area contributed by atoms with E-state index in [1.807, 2.05) is 20.8 Å². The Balaban J connectivity index is 0.000000269. The molecule has 0 aromatic carbocycles. The highest BCUT2D eigenvalue weighted by molar-refractivity contribution is 6.21. The first-order valence-electron chi connectivity index (χ1n) is 11.7. The van der Waals surface area contributed by atoms with Crippen molar-refractivity contribution in [3.63, 3.8) is 0 Å². The lowest BCUT2D eigenvalue weighted by atomic mass is 9.77. The van der Waals surface area contributed by atoms with Gasteiger partial charge < -0.3 is 15.5 Å². The molecule has 0 spiro atoms. The Morgan fingerprint density at radius 1 is 1.11 bits per heavy atom. The molecule has 11 heteroatoms. The minimum atomic E-state index is -1.20. The molecule has 11 nitrogen and oxygen atoms in total. The molecule has 3 N–H and O–H groups in total. The average molecular weight is 502 g/mol. The maximum absolute atomic E-state index is 12.1. The molecular weight excluding hydrogens is 470 g/mol. The normalized spacial score (nSPS) is 23.5. The second-order valence-electron chi connectivity index (χ2n) is 9.24. The van der Waals surface area contributed by atoms with Gasteiger partial charge in [0.15, 0.2) is 23.2 Å². The van der Waals surface area contributed by atoms with E-state index in [0.29, 0.717) is 6.42 Å². The van der Waals surface area contributed by atoms with Crippen LogP contribution in [0.25, 0.3) is 0 Å². The smallest absolute Gasteiger partial charge is 0.338 e. The van der Waals surface area contributed by atoms with Gasteiger partial charge in [0.25, 0.3) is 5.91 Å². The van der Waals surface area contributed by atoms with Crippen molar-refractivity contribution in [3.8, 4) is 0 Å². The molecule has 1 aliphatic heterocycles. The molecule has 1 aromatic rings. The van der Waals surface area contributed by atoms with Gasteiger partial charge in [-0.05, 0) is 30.9 Å². The van der Waals surface area contributed by atoms with Gasteiger partial charge >= 0.3 is 11.9 Å². The Morgan fingerprint density at radius 3 is 2.11 bits per heavy atom. The largest absolute Gasteiger partial charge is 0.481 e. The number of carboxylic acids is 2. The van der Waals surface area contributed by atoms with Gasteiger partial charge in [0, 0.05) is 25.5 Å². The van der Waals surface area contributed by atoms with Crippen LogP contribution in [0.4, 0.5) is 0 Å². The highest BCUT2D eigenvalue weighted by Gasteiger charge is 2.43. The van der Waals surface area contributed by atoms with E-state index < -0.39 is 46.7 Å². The van der Waals surface area contributed by atoms with E-state index in [0.717, 1.165) is 5.56 Å². The molecule has 1 atom stereocenters. The quantitative estimate of drug-likeness (QED) is 0.470. The number of aromatic carboxylic acids is 1. The zero-order valence-corrected chi connectivity index (χ0v) is 21.0. The number of ketones is 3. The van der Waals surface area contributed by atoms with Crippen molar-refractivity contribution >= 4 is 41.0 Å². The van der Waals surface area contributed by atoms with Crippen LogP contribution >= 0.6 is 0 Å². The Hall–Kier alpha value is -3.76. The highest BCUT2D eigenvalue weighted by atomic mass is 16.4. The van der Waals surface area contributed by atoms with Gasteiger partial charge in [-0.3, -0.25) is 29.0 Å². The highest BCUT2D eigenvalue weighted by Crippen LogP contribution is 2.27. The van der Waals surface area contributed by atoms with Crippen molar-refractivity contribution in [1.29, 1.82) is 0 Å². The number of amidine groups is 1. The van der Waals surface area contributed by atoms with Gasteiger partial charge in [-0.1, -0.05) is 27.7 Å². The van der Waals surface area contributed by atoms with Crippen molar-refractivity contribution < 1.29 is 39.0 Å². The summed E-state index contributed by atoms with van der Waals surface area (Å²) in [7, 11) is 0. The molecule has 1 fully saturated rings. The summed E-state index contributed by atoms with van der Waals surface area (Å²) in [6.45, 7) is 9.04. The minimum absolute atomic E-state index is 0.00167. The molecule has 3 rings (SSSR count). The number of aliphatic carboxylic acids is 1. The van der Waals surface area contributed by atoms with Crippen LogP contribution in [0.3, 0.4) is 0 Å². The Kier molecular flexibility index (Phi) is 8.95. The van der Waals surface area contributed by atoms with Crippen LogP contribution in [-0.2, 0) is 30.4 Å². The fraction of sp³-hybridized carbons (Fsp3) is 0.520. The van der Waals surface area contributed by atoms with E-state index in [1.54, 1.807) is 26.1 Å². The average Bonchev–Trinajstić information content (AvgIpc) is 3.13. The summed E-state index contributed by atoms with van der Waals surface area (Å²) in [4.78, 5) is 76.8. The summed E-state index contributed by atoms with van der Waals surface area (Å²) >= 11 is 0. The molecule has 2 heterocycles. The zero-order valence-electron chi connectivity index (χ0n) is 21.0. The van der Waals surface area contributed by atoms with Crippen LogP contribution in [0.1, 0.15) is 75.5 Å². The number of Topliss-reactive ketones (excluding diaryl/α,β-unsaturated/α-hetero) is 3. The molecular formula is C25H31N3O8. The molecule has 1 saturated carbocycles. The first-order chi connectivity index (χ1) is 16.8. The lowest BCUT2D eigenvalue weighted by molar-refractivity contribution is -0.152.